The molecule has 2 aromatic rings. The molecule has 0 saturated carbocycles. The Bertz CT molecular complexity index is 777. The Kier molecular flexibility index (Phi) is 7.52. The van der Waals surface area contributed by atoms with E-state index < -0.39 is 12.2 Å². The van der Waals surface area contributed by atoms with E-state index in [1.165, 1.54) is 0 Å². The molecule has 2 atom stereocenters. The molecule has 29 heavy (non-hydrogen) atoms. The number of alkyl halides is 1. The second-order valence-corrected chi connectivity index (χ2v) is 7.54. The lowest BCUT2D eigenvalue weighted by Gasteiger charge is -2.36. The van der Waals surface area contributed by atoms with Gasteiger partial charge in [-0.15, -0.1) is 0 Å². The lowest BCUT2D eigenvalue weighted by atomic mass is 10.0. The van der Waals surface area contributed by atoms with Gasteiger partial charge in [-0.25, -0.2) is 9.18 Å². The molecule has 2 amide bonds. The Morgan fingerprint density at radius 3 is 2.76 bits per heavy atom. The summed E-state index contributed by atoms with van der Waals surface area (Å²) < 4.78 is 22.1. The van der Waals surface area contributed by atoms with Crippen LogP contribution in [-0.2, 0) is 20.1 Å². The number of rotatable bonds is 8. The maximum absolute atomic E-state index is 14.6. The van der Waals surface area contributed by atoms with Gasteiger partial charge in [-0.3, -0.25) is 0 Å². The van der Waals surface area contributed by atoms with Crippen LogP contribution in [0.15, 0.2) is 42.7 Å². The van der Waals surface area contributed by atoms with Crippen LogP contribution >= 0.6 is 0 Å². The van der Waals surface area contributed by atoms with E-state index in [9.17, 15) is 9.18 Å². The first-order chi connectivity index (χ1) is 14.1. The number of ether oxygens (including phenoxy) is 1. The number of hydrogen-bond acceptors (Lipinski definition) is 3. The fourth-order valence-electron chi connectivity index (χ4n) is 3.55. The molecule has 1 aliphatic heterocycles. The van der Waals surface area contributed by atoms with E-state index in [0.717, 1.165) is 23.3 Å². The van der Waals surface area contributed by atoms with Gasteiger partial charge in [0.1, 0.15) is 11.9 Å². The van der Waals surface area contributed by atoms with E-state index in [-0.39, 0.29) is 12.6 Å². The molecule has 2 heterocycles. The van der Waals surface area contributed by atoms with Crippen molar-refractivity contribution < 1.29 is 13.9 Å². The summed E-state index contributed by atoms with van der Waals surface area (Å²) in [6, 6.07) is 8.98. The highest BCUT2D eigenvalue weighted by molar-refractivity contribution is 5.74. The van der Waals surface area contributed by atoms with Gasteiger partial charge in [0.25, 0.3) is 0 Å². The van der Waals surface area contributed by atoms with E-state index >= 15 is 0 Å². The topological polar surface area (TPSA) is 58.5 Å². The maximum atomic E-state index is 14.6. The lowest BCUT2D eigenvalue weighted by Crippen LogP contribution is -2.55. The van der Waals surface area contributed by atoms with Crippen LogP contribution in [-0.4, -0.2) is 47.4 Å². The number of urea groups is 1. The molecule has 2 N–H and O–H groups in total. The lowest BCUT2D eigenvalue weighted by molar-refractivity contribution is 0.0971. The van der Waals surface area contributed by atoms with Crippen LogP contribution in [0.1, 0.15) is 30.9 Å². The number of piperidine rings is 1. The highest BCUT2D eigenvalue weighted by atomic mass is 19.1. The number of hydrogen-bond donors (Lipinski definition) is 2. The second-order valence-electron chi connectivity index (χ2n) is 7.54. The molecule has 1 aliphatic rings. The summed E-state index contributed by atoms with van der Waals surface area (Å²) in [5, 5.41) is 6.01. The average molecular weight is 403 g/mol. The van der Waals surface area contributed by atoms with Gasteiger partial charge in [0.05, 0.1) is 12.6 Å². The normalized spacial score (nSPS) is 19.0. The summed E-state index contributed by atoms with van der Waals surface area (Å²) in [5.74, 6) is 0.822. The molecule has 1 saturated heterocycles. The first-order valence-corrected chi connectivity index (χ1v) is 10.3. The predicted molar refractivity (Wildman–Crippen MR) is 112 cm³/mol. The summed E-state index contributed by atoms with van der Waals surface area (Å²) in [5.41, 5.74) is 1.97. The average Bonchev–Trinajstić information content (AvgIpc) is 3.15. The Morgan fingerprint density at radius 2 is 2.10 bits per heavy atom. The van der Waals surface area contributed by atoms with Gasteiger partial charge in [0, 0.05) is 39.1 Å². The molecule has 1 fully saturated rings. The molecular weight excluding hydrogens is 371 g/mol. The Balaban J connectivity index is 1.64. The largest absolute Gasteiger partial charge is 0.494 e. The van der Waals surface area contributed by atoms with Gasteiger partial charge < -0.3 is 24.8 Å². The van der Waals surface area contributed by atoms with Gasteiger partial charge >= 0.3 is 6.03 Å². The van der Waals surface area contributed by atoms with Gasteiger partial charge in [0.15, 0.2) is 0 Å². The van der Waals surface area contributed by atoms with Crippen LogP contribution in [0.3, 0.4) is 0 Å². The minimum Gasteiger partial charge on any atom is -0.494 e. The number of aromatic nitrogens is 1. The molecule has 3 rings (SSSR count). The van der Waals surface area contributed by atoms with E-state index in [0.29, 0.717) is 32.7 Å². The molecule has 1 aromatic carbocycles. The van der Waals surface area contributed by atoms with Crippen molar-refractivity contribution >= 4 is 6.03 Å². The van der Waals surface area contributed by atoms with Crippen molar-refractivity contribution in [3.8, 4) is 5.75 Å². The van der Waals surface area contributed by atoms with Gasteiger partial charge in [0.2, 0.25) is 0 Å². The van der Waals surface area contributed by atoms with Crippen LogP contribution in [0.5, 0.6) is 5.75 Å². The number of carbonyl (C=O) groups excluding carboxylic acids is 1. The molecule has 1 aromatic heterocycles. The second kappa shape index (κ2) is 10.3. The van der Waals surface area contributed by atoms with Crippen molar-refractivity contribution in [2.45, 2.75) is 45.1 Å². The zero-order chi connectivity index (χ0) is 20.6. The molecule has 0 unspecified atom stereocenters. The summed E-state index contributed by atoms with van der Waals surface area (Å²) in [6.07, 6.45) is 4.38. The minimum absolute atomic E-state index is 0.241. The van der Waals surface area contributed by atoms with Crippen LogP contribution in [0, 0.1) is 0 Å². The third-order valence-electron chi connectivity index (χ3n) is 5.12. The zero-order valence-corrected chi connectivity index (χ0v) is 17.2. The van der Waals surface area contributed by atoms with Crippen LogP contribution < -0.4 is 15.4 Å². The van der Waals surface area contributed by atoms with E-state index in [2.05, 4.69) is 17.6 Å². The fourth-order valence-corrected chi connectivity index (χ4v) is 3.55. The first-order valence-electron chi connectivity index (χ1n) is 10.3. The number of benzene rings is 1. The standard InChI is InChI=1S/C22H31FN4O2/c1-3-12-29-19-6-4-17(5-7-19)13-25-22(28)27(16-18-9-11-26(2)15-18)21-8-10-24-14-20(21)23/h4-7,9,11,15,20-21,24H,3,8,10,12-14,16H2,1-2H3,(H,25,28)/t20-,21+/m1/s1. The quantitative estimate of drug-likeness (QED) is 0.713. The highest BCUT2D eigenvalue weighted by Gasteiger charge is 2.33. The number of aryl methyl sites for hydroxylation is 1. The molecule has 6 nitrogen and oxygen atoms in total. The number of nitrogens with one attached hydrogen (secondary N) is 2. The molecule has 0 radical (unpaired) electrons. The Hall–Kier alpha value is -2.54. The fraction of sp³-hybridized carbons (Fsp3) is 0.500. The van der Waals surface area contributed by atoms with E-state index in [1.54, 1.807) is 4.90 Å². The van der Waals surface area contributed by atoms with Gasteiger partial charge in [-0.2, -0.15) is 0 Å². The molecule has 0 bridgehead atoms. The Labute approximate surface area is 172 Å². The summed E-state index contributed by atoms with van der Waals surface area (Å²) in [4.78, 5) is 14.6. The molecular formula is C22H31FN4O2. The summed E-state index contributed by atoms with van der Waals surface area (Å²) in [6.45, 7) is 4.52. The smallest absolute Gasteiger partial charge is 0.318 e. The van der Waals surface area contributed by atoms with Gasteiger partial charge in [-0.05, 0) is 48.7 Å². The van der Waals surface area contributed by atoms with Crippen molar-refractivity contribution in [3.63, 3.8) is 0 Å². The summed E-state index contributed by atoms with van der Waals surface area (Å²) in [7, 11) is 1.93. The predicted octanol–water partition coefficient (Wildman–Crippen LogP) is 3.23. The SMILES string of the molecule is CCCOc1ccc(CNC(=O)N(Cc2ccn(C)c2)[C@H]2CCNC[C@H]2F)cc1. The maximum Gasteiger partial charge on any atom is 0.318 e. The zero-order valence-electron chi connectivity index (χ0n) is 17.2. The number of carbonyl (C=O) groups is 1. The summed E-state index contributed by atoms with van der Waals surface area (Å²) >= 11 is 0. The highest BCUT2D eigenvalue weighted by Crippen LogP contribution is 2.19. The van der Waals surface area contributed by atoms with Gasteiger partial charge in [-0.1, -0.05) is 19.1 Å². The van der Waals surface area contributed by atoms with Crippen molar-refractivity contribution in [2.75, 3.05) is 19.7 Å². The minimum atomic E-state index is -1.08. The monoisotopic (exact) mass is 402 g/mol. The molecule has 0 spiro atoms. The number of halogens is 1. The number of nitrogens with zero attached hydrogens (tertiary/aromatic N) is 2. The Morgan fingerprint density at radius 1 is 1.31 bits per heavy atom. The van der Waals surface area contributed by atoms with E-state index in [4.69, 9.17) is 4.74 Å². The number of amides is 2. The van der Waals surface area contributed by atoms with Crippen molar-refractivity contribution in [1.29, 1.82) is 0 Å². The van der Waals surface area contributed by atoms with E-state index in [1.807, 2.05) is 54.3 Å². The van der Waals surface area contributed by atoms with Crippen molar-refractivity contribution in [2.24, 2.45) is 7.05 Å². The molecule has 0 aliphatic carbocycles. The van der Waals surface area contributed by atoms with Crippen LogP contribution in [0.2, 0.25) is 0 Å². The van der Waals surface area contributed by atoms with Crippen molar-refractivity contribution in [3.05, 3.63) is 53.9 Å². The third kappa shape index (κ3) is 5.97. The third-order valence-corrected chi connectivity index (χ3v) is 5.12. The van der Waals surface area contributed by atoms with Crippen LogP contribution in [0.4, 0.5) is 9.18 Å². The molecule has 158 valence electrons. The van der Waals surface area contributed by atoms with Crippen LogP contribution in [0.25, 0.3) is 0 Å². The molecule has 7 heteroatoms. The van der Waals surface area contributed by atoms with Crippen molar-refractivity contribution in [1.82, 2.24) is 20.1 Å². The first kappa shape index (κ1) is 21.2.